The minimum absolute atomic E-state index is 0.164. The molecule has 0 amide bonds. The Bertz CT molecular complexity index is 771. The Kier molecular flexibility index (Phi) is 5.02. The number of carbonyl (C=O) groups is 1. The summed E-state index contributed by atoms with van der Waals surface area (Å²) < 4.78 is 5.11. The molecule has 0 atom stereocenters. The molecule has 0 aromatic heterocycles. The van der Waals surface area contributed by atoms with E-state index in [-0.39, 0.29) is 11.7 Å². The topological polar surface area (TPSA) is 70.3 Å². The monoisotopic (exact) mass is 309 g/mol. The van der Waals surface area contributed by atoms with Crippen molar-refractivity contribution in [2.24, 2.45) is 0 Å². The minimum Gasteiger partial charge on any atom is -0.508 e. The number of hydrogen-bond acceptors (Lipinski definition) is 4. The van der Waals surface area contributed by atoms with E-state index in [1.807, 2.05) is 19.1 Å². The molecule has 2 aromatic carbocycles. The molecular formula is C19H19NO3. The molecule has 118 valence electrons. The number of nitrogens with zero attached hydrogens (tertiary/aromatic N) is 1. The first kappa shape index (κ1) is 16.6. The number of benzene rings is 2. The molecule has 4 heteroatoms. The Hall–Kier alpha value is -2.80. The number of nitriles is 1. The van der Waals surface area contributed by atoms with Gasteiger partial charge in [-0.15, -0.1) is 0 Å². The molecule has 0 unspecified atom stereocenters. The SMILES string of the molecule is CCOC(=O)c1c(C)cc(O)c(Cc2ccc(C#N)cc2)c1C. The van der Waals surface area contributed by atoms with Gasteiger partial charge >= 0.3 is 5.97 Å². The van der Waals surface area contributed by atoms with Crippen molar-refractivity contribution >= 4 is 5.97 Å². The summed E-state index contributed by atoms with van der Waals surface area (Å²) >= 11 is 0. The Morgan fingerprint density at radius 2 is 1.91 bits per heavy atom. The maximum atomic E-state index is 12.1. The maximum absolute atomic E-state index is 12.1. The first-order valence-electron chi connectivity index (χ1n) is 7.46. The highest BCUT2D eigenvalue weighted by atomic mass is 16.5. The summed E-state index contributed by atoms with van der Waals surface area (Å²) in [6.07, 6.45) is 0.482. The lowest BCUT2D eigenvalue weighted by molar-refractivity contribution is 0.0524. The fourth-order valence-corrected chi connectivity index (χ4v) is 2.64. The van der Waals surface area contributed by atoms with E-state index in [4.69, 9.17) is 10.00 Å². The van der Waals surface area contributed by atoms with Crippen LogP contribution in [-0.4, -0.2) is 17.7 Å². The third-order valence-corrected chi connectivity index (χ3v) is 3.83. The zero-order chi connectivity index (χ0) is 17.0. The van der Waals surface area contributed by atoms with E-state index >= 15 is 0 Å². The average molecular weight is 309 g/mol. The van der Waals surface area contributed by atoms with Crippen LogP contribution in [0.25, 0.3) is 0 Å². The molecular weight excluding hydrogens is 290 g/mol. The smallest absolute Gasteiger partial charge is 0.338 e. The number of aromatic hydroxyl groups is 1. The van der Waals surface area contributed by atoms with E-state index in [0.29, 0.717) is 35.3 Å². The fourth-order valence-electron chi connectivity index (χ4n) is 2.64. The van der Waals surface area contributed by atoms with Crippen molar-refractivity contribution < 1.29 is 14.6 Å². The van der Waals surface area contributed by atoms with Crippen molar-refractivity contribution in [2.45, 2.75) is 27.2 Å². The van der Waals surface area contributed by atoms with Gasteiger partial charge in [-0.25, -0.2) is 4.79 Å². The van der Waals surface area contributed by atoms with Crippen LogP contribution in [-0.2, 0) is 11.2 Å². The van der Waals surface area contributed by atoms with Gasteiger partial charge in [-0.3, -0.25) is 0 Å². The van der Waals surface area contributed by atoms with Crippen LogP contribution in [0.2, 0.25) is 0 Å². The van der Waals surface area contributed by atoms with Crippen LogP contribution < -0.4 is 0 Å². The van der Waals surface area contributed by atoms with E-state index in [0.717, 1.165) is 11.1 Å². The predicted octanol–water partition coefficient (Wildman–Crippen LogP) is 3.65. The number of aryl methyl sites for hydroxylation is 1. The molecule has 2 aromatic rings. The standard InChI is InChI=1S/C19H19NO3/c1-4-23-19(22)18-12(2)9-17(21)16(13(18)3)10-14-5-7-15(11-20)8-6-14/h5-9,21H,4,10H2,1-3H3. The van der Waals surface area contributed by atoms with Gasteiger partial charge in [0.15, 0.2) is 0 Å². The second-order valence-electron chi connectivity index (χ2n) is 5.40. The van der Waals surface area contributed by atoms with Gasteiger partial charge in [0.1, 0.15) is 5.75 Å². The lowest BCUT2D eigenvalue weighted by atomic mass is 9.92. The van der Waals surface area contributed by atoms with Crippen LogP contribution >= 0.6 is 0 Å². The number of phenols is 1. The number of hydrogen-bond donors (Lipinski definition) is 1. The van der Waals surface area contributed by atoms with E-state index in [9.17, 15) is 9.90 Å². The van der Waals surface area contributed by atoms with Crippen LogP contribution in [0.15, 0.2) is 30.3 Å². The Balaban J connectivity index is 2.43. The van der Waals surface area contributed by atoms with Crippen molar-refractivity contribution in [2.75, 3.05) is 6.61 Å². The predicted molar refractivity (Wildman–Crippen MR) is 87.5 cm³/mol. The van der Waals surface area contributed by atoms with Gasteiger partial charge in [-0.2, -0.15) is 5.26 Å². The average Bonchev–Trinajstić information content (AvgIpc) is 2.52. The molecule has 0 radical (unpaired) electrons. The van der Waals surface area contributed by atoms with Crippen LogP contribution in [0.3, 0.4) is 0 Å². The van der Waals surface area contributed by atoms with Gasteiger partial charge in [-0.05, 0) is 55.7 Å². The summed E-state index contributed by atoms with van der Waals surface area (Å²) in [6.45, 7) is 5.67. The molecule has 0 fully saturated rings. The van der Waals surface area contributed by atoms with Gasteiger partial charge in [-0.1, -0.05) is 12.1 Å². The van der Waals surface area contributed by atoms with Crippen molar-refractivity contribution in [3.63, 3.8) is 0 Å². The normalized spacial score (nSPS) is 10.2. The zero-order valence-corrected chi connectivity index (χ0v) is 13.5. The van der Waals surface area contributed by atoms with Crippen molar-refractivity contribution in [1.29, 1.82) is 5.26 Å². The van der Waals surface area contributed by atoms with E-state index in [1.165, 1.54) is 0 Å². The fraction of sp³-hybridized carbons (Fsp3) is 0.263. The molecule has 23 heavy (non-hydrogen) atoms. The minimum atomic E-state index is -0.372. The van der Waals surface area contributed by atoms with Gasteiger partial charge in [0.25, 0.3) is 0 Å². The number of esters is 1. The molecule has 1 N–H and O–H groups in total. The number of carbonyl (C=O) groups excluding carboxylic acids is 1. The highest BCUT2D eigenvalue weighted by Crippen LogP contribution is 2.30. The van der Waals surface area contributed by atoms with Crippen LogP contribution in [0, 0.1) is 25.2 Å². The molecule has 0 saturated heterocycles. The number of ether oxygens (including phenoxy) is 1. The van der Waals surface area contributed by atoms with Crippen molar-refractivity contribution in [3.8, 4) is 11.8 Å². The molecule has 0 aliphatic rings. The summed E-state index contributed by atoms with van der Waals surface area (Å²) in [6, 6.07) is 10.8. The van der Waals surface area contributed by atoms with Crippen molar-refractivity contribution in [3.05, 3.63) is 63.7 Å². The summed E-state index contributed by atoms with van der Waals surface area (Å²) in [5.41, 5.74) is 4.18. The van der Waals surface area contributed by atoms with Gasteiger partial charge in [0.05, 0.1) is 23.8 Å². The third kappa shape index (κ3) is 3.51. The molecule has 0 aliphatic heterocycles. The quantitative estimate of drug-likeness (QED) is 0.875. The largest absolute Gasteiger partial charge is 0.508 e. The van der Waals surface area contributed by atoms with E-state index < -0.39 is 0 Å². The first-order valence-corrected chi connectivity index (χ1v) is 7.46. The Morgan fingerprint density at radius 1 is 1.26 bits per heavy atom. The molecule has 0 aliphatic carbocycles. The van der Waals surface area contributed by atoms with Crippen molar-refractivity contribution in [1.82, 2.24) is 0 Å². The van der Waals surface area contributed by atoms with Gasteiger partial charge in [0.2, 0.25) is 0 Å². The number of rotatable bonds is 4. The summed E-state index contributed by atoms with van der Waals surface area (Å²) in [7, 11) is 0. The third-order valence-electron chi connectivity index (χ3n) is 3.83. The van der Waals surface area contributed by atoms with E-state index in [1.54, 1.807) is 32.0 Å². The lowest BCUT2D eigenvalue weighted by Crippen LogP contribution is -2.11. The summed E-state index contributed by atoms with van der Waals surface area (Å²) in [5.74, 6) is -0.207. The molecule has 0 saturated carbocycles. The lowest BCUT2D eigenvalue weighted by Gasteiger charge is -2.15. The molecule has 0 spiro atoms. The maximum Gasteiger partial charge on any atom is 0.338 e. The molecule has 2 rings (SSSR count). The van der Waals surface area contributed by atoms with Gasteiger partial charge < -0.3 is 9.84 Å². The molecule has 4 nitrogen and oxygen atoms in total. The number of phenolic OH excluding ortho intramolecular Hbond substituents is 1. The summed E-state index contributed by atoms with van der Waals surface area (Å²) in [4.78, 5) is 12.1. The van der Waals surface area contributed by atoms with Crippen LogP contribution in [0.4, 0.5) is 0 Å². The highest BCUT2D eigenvalue weighted by Gasteiger charge is 2.19. The molecule has 0 bridgehead atoms. The summed E-state index contributed by atoms with van der Waals surface area (Å²) in [5, 5.41) is 19.1. The second-order valence-corrected chi connectivity index (χ2v) is 5.40. The highest BCUT2D eigenvalue weighted by molar-refractivity contribution is 5.93. The first-order chi connectivity index (χ1) is 11.0. The van der Waals surface area contributed by atoms with Crippen LogP contribution in [0.5, 0.6) is 5.75 Å². The molecule has 0 heterocycles. The zero-order valence-electron chi connectivity index (χ0n) is 13.5. The second kappa shape index (κ2) is 6.97. The Morgan fingerprint density at radius 3 is 2.48 bits per heavy atom. The Labute approximate surface area is 136 Å². The van der Waals surface area contributed by atoms with E-state index in [2.05, 4.69) is 6.07 Å². The van der Waals surface area contributed by atoms with Crippen LogP contribution in [0.1, 0.15) is 45.1 Å². The van der Waals surface area contributed by atoms with Gasteiger partial charge in [0, 0.05) is 12.0 Å².